The maximum Gasteiger partial charge on any atom is 0.309 e. The molecule has 2 aromatic carbocycles. The van der Waals surface area contributed by atoms with E-state index in [0.717, 1.165) is 42.1 Å². The summed E-state index contributed by atoms with van der Waals surface area (Å²) in [7, 11) is -4.59. The number of halogens is 3. The lowest BCUT2D eigenvalue weighted by Gasteiger charge is -2.21. The number of ether oxygens (including phenoxy) is 1. The Kier molecular flexibility index (Phi) is 7.36. The Morgan fingerprint density at radius 3 is 2.38 bits per heavy atom. The van der Waals surface area contributed by atoms with Crippen LogP contribution in [-0.4, -0.2) is 53.3 Å². The Balaban J connectivity index is 1.58. The monoisotopic (exact) mass is 565 g/mol. The van der Waals surface area contributed by atoms with Crippen LogP contribution < -0.4 is 4.74 Å². The van der Waals surface area contributed by atoms with Crippen LogP contribution in [0.2, 0.25) is 0 Å². The van der Waals surface area contributed by atoms with Crippen molar-refractivity contribution in [2.24, 2.45) is 5.92 Å². The van der Waals surface area contributed by atoms with Crippen molar-refractivity contribution in [2.45, 2.75) is 62.8 Å². The van der Waals surface area contributed by atoms with Crippen molar-refractivity contribution in [3.05, 3.63) is 53.0 Å². The van der Waals surface area contributed by atoms with Gasteiger partial charge in [0.25, 0.3) is 0 Å². The Morgan fingerprint density at radius 2 is 1.77 bits per heavy atom. The van der Waals surface area contributed by atoms with E-state index < -0.39 is 44.4 Å². The summed E-state index contributed by atoms with van der Waals surface area (Å²) in [6.07, 6.45) is 3.08. The van der Waals surface area contributed by atoms with Gasteiger partial charge in [-0.3, -0.25) is 9.48 Å². The van der Waals surface area contributed by atoms with Crippen molar-refractivity contribution in [1.29, 1.82) is 0 Å². The molecule has 3 aromatic rings. The Morgan fingerprint density at radius 1 is 1.10 bits per heavy atom. The quantitative estimate of drug-likeness (QED) is 0.412. The lowest BCUT2D eigenvalue weighted by Crippen LogP contribution is -2.31. The molecule has 0 amide bonds. The van der Waals surface area contributed by atoms with E-state index in [1.54, 1.807) is 18.5 Å². The molecule has 8 nitrogen and oxygen atoms in total. The Bertz CT molecular complexity index is 1510. The second-order valence-electron chi connectivity index (χ2n) is 10.3. The van der Waals surface area contributed by atoms with Gasteiger partial charge in [0, 0.05) is 36.2 Å². The maximum absolute atomic E-state index is 15.3. The van der Waals surface area contributed by atoms with Gasteiger partial charge in [-0.25, -0.2) is 21.6 Å². The predicted molar refractivity (Wildman–Crippen MR) is 137 cm³/mol. The molecular formula is C27H30F3N3O5S. The highest BCUT2D eigenvalue weighted by molar-refractivity contribution is 7.89. The number of fused-ring (bicyclic) bond motifs is 1. The molecule has 2 atom stereocenters. The maximum atomic E-state index is 15.3. The summed E-state index contributed by atoms with van der Waals surface area (Å²) in [6, 6.07) is 3.92. The number of hydrogen-bond donors (Lipinski definition) is 1. The van der Waals surface area contributed by atoms with Gasteiger partial charge in [-0.1, -0.05) is 19.8 Å². The largest absolute Gasteiger partial charge is 0.494 e. The summed E-state index contributed by atoms with van der Waals surface area (Å²) in [5.41, 5.74) is 1.19. The zero-order valence-corrected chi connectivity index (χ0v) is 22.5. The lowest BCUT2D eigenvalue weighted by molar-refractivity contribution is -0.136. The molecule has 1 aromatic heterocycles. The van der Waals surface area contributed by atoms with Gasteiger partial charge in [-0.15, -0.1) is 0 Å². The number of nitrogens with zero attached hydrogens (tertiary/aromatic N) is 3. The molecule has 1 aliphatic carbocycles. The van der Waals surface area contributed by atoms with Crippen LogP contribution in [0.3, 0.4) is 0 Å². The van der Waals surface area contributed by atoms with Gasteiger partial charge in [-0.2, -0.15) is 9.40 Å². The number of carboxylic acids is 1. The van der Waals surface area contributed by atoms with Crippen LogP contribution in [0.5, 0.6) is 5.75 Å². The average molecular weight is 566 g/mol. The van der Waals surface area contributed by atoms with Crippen LogP contribution in [0.25, 0.3) is 10.9 Å². The van der Waals surface area contributed by atoms with E-state index in [-0.39, 0.29) is 49.4 Å². The number of aliphatic carboxylic acids is 1. The first-order chi connectivity index (χ1) is 18.5. The Hall–Kier alpha value is -3.12. The standard InChI is InChI=1S/C27H30F3N3O5S/c1-3-38-17-10-20(29)27(21(30)11-17)39(36,37)32-13-15(2)23(14-32)33-26-18(22(31-33)12-24(34)35)8-9-19(28)25(26)16-6-4-5-7-16/h8-11,15-16,23H,3-7,12-14H2,1-2H3,(H,34,35)/t15-,23+/m1/s1. The molecule has 0 radical (unpaired) electrons. The Labute approximate surface area is 224 Å². The van der Waals surface area contributed by atoms with Crippen LogP contribution in [-0.2, 0) is 21.2 Å². The van der Waals surface area contributed by atoms with Crippen molar-refractivity contribution in [3.63, 3.8) is 0 Å². The van der Waals surface area contributed by atoms with E-state index >= 15 is 4.39 Å². The van der Waals surface area contributed by atoms with E-state index in [9.17, 15) is 27.1 Å². The highest BCUT2D eigenvalue weighted by Crippen LogP contribution is 2.43. The predicted octanol–water partition coefficient (Wildman–Crippen LogP) is 5.02. The molecule has 2 heterocycles. The fraction of sp³-hybridized carbons (Fsp3) is 0.481. The fourth-order valence-corrected chi connectivity index (χ4v) is 7.65. The molecule has 1 N–H and O–H groups in total. The number of benzene rings is 2. The van der Waals surface area contributed by atoms with Crippen LogP contribution in [0, 0.1) is 23.4 Å². The van der Waals surface area contributed by atoms with Crippen molar-refractivity contribution >= 4 is 26.9 Å². The van der Waals surface area contributed by atoms with E-state index in [1.807, 2.05) is 0 Å². The third-order valence-electron chi connectivity index (χ3n) is 7.75. The van der Waals surface area contributed by atoms with Gasteiger partial charge in [0.15, 0.2) is 4.90 Å². The number of sulfonamides is 1. The molecule has 0 bridgehead atoms. The van der Waals surface area contributed by atoms with Crippen LogP contribution in [0.15, 0.2) is 29.2 Å². The normalized spacial score (nSPS) is 20.7. The van der Waals surface area contributed by atoms with Crippen LogP contribution in [0.4, 0.5) is 13.2 Å². The summed E-state index contributed by atoms with van der Waals surface area (Å²) in [5.74, 6) is -4.57. The molecule has 12 heteroatoms. The van der Waals surface area contributed by atoms with E-state index in [4.69, 9.17) is 4.74 Å². The van der Waals surface area contributed by atoms with Crippen molar-refractivity contribution in [2.75, 3.05) is 19.7 Å². The summed E-state index contributed by atoms with van der Waals surface area (Å²) in [6.45, 7) is 3.35. The van der Waals surface area contributed by atoms with E-state index in [1.165, 1.54) is 12.1 Å². The highest BCUT2D eigenvalue weighted by atomic mass is 32.2. The minimum Gasteiger partial charge on any atom is -0.494 e. The van der Waals surface area contributed by atoms with Crippen molar-refractivity contribution < 1.29 is 36.2 Å². The molecule has 1 aliphatic heterocycles. The number of rotatable bonds is 8. The highest BCUT2D eigenvalue weighted by Gasteiger charge is 2.42. The molecule has 210 valence electrons. The summed E-state index contributed by atoms with van der Waals surface area (Å²) < 4.78 is 79.6. The molecule has 0 spiro atoms. The summed E-state index contributed by atoms with van der Waals surface area (Å²) >= 11 is 0. The molecule has 1 saturated heterocycles. The average Bonchev–Trinajstić information content (AvgIpc) is 3.58. The first-order valence-electron chi connectivity index (χ1n) is 13.1. The SMILES string of the molecule is CCOc1cc(F)c(S(=O)(=O)N2C[C@@H](C)[C@@H](n3nc(CC(=O)O)c4ccc(F)c(C5CCCC5)c43)C2)c(F)c1. The number of carboxylic acid groups (broad SMARTS) is 1. The van der Waals surface area contributed by atoms with E-state index in [0.29, 0.717) is 16.5 Å². The van der Waals surface area contributed by atoms with Gasteiger partial charge < -0.3 is 9.84 Å². The van der Waals surface area contributed by atoms with Gasteiger partial charge in [0.1, 0.15) is 23.2 Å². The van der Waals surface area contributed by atoms with Gasteiger partial charge in [0.05, 0.1) is 30.3 Å². The molecule has 39 heavy (non-hydrogen) atoms. The molecule has 0 unspecified atom stereocenters. The smallest absolute Gasteiger partial charge is 0.309 e. The van der Waals surface area contributed by atoms with Crippen LogP contribution in [0.1, 0.15) is 62.7 Å². The molecule has 1 saturated carbocycles. The van der Waals surface area contributed by atoms with E-state index in [2.05, 4.69) is 5.10 Å². The minimum absolute atomic E-state index is 0.0528. The second kappa shape index (κ2) is 10.5. The minimum atomic E-state index is -4.59. The van der Waals surface area contributed by atoms with Gasteiger partial charge in [-0.05, 0) is 43.7 Å². The molecular weight excluding hydrogens is 535 g/mol. The first-order valence-corrected chi connectivity index (χ1v) is 14.5. The second-order valence-corrected chi connectivity index (χ2v) is 12.2. The first kappa shape index (κ1) is 27.4. The van der Waals surface area contributed by atoms with Crippen molar-refractivity contribution in [3.8, 4) is 5.75 Å². The third-order valence-corrected chi connectivity index (χ3v) is 9.63. The van der Waals surface area contributed by atoms with Crippen LogP contribution >= 0.6 is 0 Å². The zero-order chi connectivity index (χ0) is 28.1. The topological polar surface area (TPSA) is 102 Å². The summed E-state index contributed by atoms with van der Waals surface area (Å²) in [4.78, 5) is 10.5. The lowest BCUT2D eigenvalue weighted by atomic mass is 9.93. The zero-order valence-electron chi connectivity index (χ0n) is 21.7. The molecule has 2 aliphatic rings. The number of aromatic nitrogens is 2. The van der Waals surface area contributed by atoms with Gasteiger partial charge in [0.2, 0.25) is 10.0 Å². The molecule has 2 fully saturated rings. The van der Waals surface area contributed by atoms with Gasteiger partial charge >= 0.3 is 5.97 Å². The van der Waals surface area contributed by atoms with Crippen molar-refractivity contribution in [1.82, 2.24) is 14.1 Å². The number of hydrogen-bond acceptors (Lipinski definition) is 5. The fourth-order valence-electron chi connectivity index (χ4n) is 6.00. The molecule has 5 rings (SSSR count). The number of carbonyl (C=O) groups is 1. The third kappa shape index (κ3) is 4.88. The summed E-state index contributed by atoms with van der Waals surface area (Å²) in [5, 5.41) is 14.6.